The smallest absolute Gasteiger partial charge is 0.106 e. The van der Waals surface area contributed by atoms with E-state index >= 15 is 0 Å². The second-order valence-electron chi connectivity index (χ2n) is 4.11. The third-order valence-electron chi connectivity index (χ3n) is 1.78. The highest BCUT2D eigenvalue weighted by atomic mass is 16.5. The Labute approximate surface area is 63.4 Å². The molecule has 0 aromatic rings. The Morgan fingerprint density at radius 3 is 2.50 bits per heavy atom. The maximum Gasteiger partial charge on any atom is 0.106 e. The number of likely N-dealkylation sites (N-methyl/N-ethyl adjacent to an activating group) is 1. The summed E-state index contributed by atoms with van der Waals surface area (Å²) in [5.41, 5.74) is 0. The second kappa shape index (κ2) is 2.89. The molecule has 0 radical (unpaired) electrons. The molecule has 0 N–H and O–H groups in total. The van der Waals surface area contributed by atoms with Gasteiger partial charge in [0.1, 0.15) is 12.6 Å². The van der Waals surface area contributed by atoms with Gasteiger partial charge in [-0.15, -0.1) is 0 Å². The number of rotatable bonds is 2. The van der Waals surface area contributed by atoms with E-state index in [2.05, 4.69) is 21.1 Å². The van der Waals surface area contributed by atoms with E-state index in [1.54, 1.807) is 0 Å². The lowest BCUT2D eigenvalue weighted by Gasteiger charge is -2.26. The van der Waals surface area contributed by atoms with Gasteiger partial charge < -0.3 is 9.22 Å². The average molecular weight is 144 g/mol. The molecule has 1 saturated heterocycles. The highest BCUT2D eigenvalue weighted by Gasteiger charge is 2.21. The molecule has 0 aromatic heterocycles. The molecular formula is C8H18NO+. The number of hydrogen-bond donors (Lipinski definition) is 0. The summed E-state index contributed by atoms with van der Waals surface area (Å²) in [6.45, 7) is 2.13. The van der Waals surface area contributed by atoms with Crippen molar-refractivity contribution < 1.29 is 9.22 Å². The first-order valence-electron chi connectivity index (χ1n) is 4.00. The molecule has 10 heavy (non-hydrogen) atoms. The summed E-state index contributed by atoms with van der Waals surface area (Å²) in [7, 11) is 6.63. The maximum atomic E-state index is 5.51. The molecule has 0 aliphatic carbocycles. The van der Waals surface area contributed by atoms with Crippen LogP contribution < -0.4 is 0 Å². The van der Waals surface area contributed by atoms with Crippen molar-refractivity contribution in [3.8, 4) is 0 Å². The van der Waals surface area contributed by atoms with Gasteiger partial charge >= 0.3 is 0 Å². The van der Waals surface area contributed by atoms with Gasteiger partial charge in [0.05, 0.1) is 21.1 Å². The largest absolute Gasteiger partial charge is 0.372 e. The lowest BCUT2D eigenvalue weighted by molar-refractivity contribution is -0.873. The van der Waals surface area contributed by atoms with E-state index in [1.165, 1.54) is 12.8 Å². The summed E-state index contributed by atoms with van der Waals surface area (Å²) >= 11 is 0. The van der Waals surface area contributed by atoms with Gasteiger partial charge in [0, 0.05) is 6.61 Å². The third kappa shape index (κ3) is 2.67. The van der Waals surface area contributed by atoms with E-state index in [-0.39, 0.29) is 0 Å². The molecule has 60 valence electrons. The van der Waals surface area contributed by atoms with Gasteiger partial charge in [-0.25, -0.2) is 0 Å². The molecule has 0 amide bonds. The highest BCUT2D eigenvalue weighted by Crippen LogP contribution is 2.13. The molecule has 2 nitrogen and oxygen atoms in total. The molecule has 1 aliphatic rings. The third-order valence-corrected chi connectivity index (χ3v) is 1.78. The van der Waals surface area contributed by atoms with E-state index in [1.807, 2.05) is 0 Å². The van der Waals surface area contributed by atoms with E-state index in [0.29, 0.717) is 6.10 Å². The van der Waals surface area contributed by atoms with Crippen molar-refractivity contribution in [3.05, 3.63) is 0 Å². The molecule has 0 aromatic carbocycles. The lowest BCUT2D eigenvalue weighted by Crippen LogP contribution is -2.41. The van der Waals surface area contributed by atoms with Gasteiger partial charge in [0.15, 0.2) is 0 Å². The Hall–Kier alpha value is -0.0800. The Morgan fingerprint density at radius 2 is 2.10 bits per heavy atom. The van der Waals surface area contributed by atoms with Crippen LogP contribution in [0, 0.1) is 0 Å². The van der Waals surface area contributed by atoms with E-state index in [4.69, 9.17) is 4.74 Å². The number of nitrogens with zero attached hydrogens (tertiary/aromatic N) is 1. The van der Waals surface area contributed by atoms with Crippen molar-refractivity contribution in [2.45, 2.75) is 18.9 Å². The highest BCUT2D eigenvalue weighted by molar-refractivity contribution is 4.62. The van der Waals surface area contributed by atoms with E-state index < -0.39 is 0 Å². The molecule has 1 fully saturated rings. The van der Waals surface area contributed by atoms with Gasteiger partial charge in [0.2, 0.25) is 0 Å². The Balaban J connectivity index is 2.24. The first-order chi connectivity index (χ1) is 4.58. The van der Waals surface area contributed by atoms with Crippen molar-refractivity contribution >= 4 is 0 Å². The molecule has 0 bridgehead atoms. The van der Waals surface area contributed by atoms with Gasteiger partial charge in [-0.2, -0.15) is 0 Å². The standard InChI is InChI=1S/C8H18NO/c1-9(2,3)7-8-5-4-6-10-8/h8H,4-7H2,1-3H3/q+1. The SMILES string of the molecule is C[N+](C)(C)CC1CCCO1. The minimum Gasteiger partial charge on any atom is -0.372 e. The van der Waals surface area contributed by atoms with Crippen LogP contribution in [0.1, 0.15) is 12.8 Å². The van der Waals surface area contributed by atoms with Crippen LogP contribution in [0.3, 0.4) is 0 Å². The van der Waals surface area contributed by atoms with Crippen LogP contribution in [0.25, 0.3) is 0 Å². The monoisotopic (exact) mass is 144 g/mol. The maximum absolute atomic E-state index is 5.51. The lowest BCUT2D eigenvalue weighted by atomic mass is 10.2. The number of quaternary nitrogens is 1. The van der Waals surface area contributed by atoms with Crippen LogP contribution in [-0.4, -0.2) is 44.9 Å². The fraction of sp³-hybridized carbons (Fsp3) is 1.00. The van der Waals surface area contributed by atoms with Gasteiger partial charge in [0.25, 0.3) is 0 Å². The van der Waals surface area contributed by atoms with Gasteiger partial charge in [-0.05, 0) is 12.8 Å². The minimum atomic E-state index is 0.528. The first-order valence-corrected chi connectivity index (χ1v) is 4.00. The summed E-state index contributed by atoms with van der Waals surface area (Å²) in [4.78, 5) is 0. The summed E-state index contributed by atoms with van der Waals surface area (Å²) in [6.07, 6.45) is 3.04. The molecule has 2 heteroatoms. The first kappa shape index (κ1) is 8.02. The summed E-state index contributed by atoms with van der Waals surface area (Å²) in [6, 6.07) is 0. The predicted molar refractivity (Wildman–Crippen MR) is 41.9 cm³/mol. The van der Waals surface area contributed by atoms with Crippen LogP contribution in [-0.2, 0) is 4.74 Å². The van der Waals surface area contributed by atoms with E-state index in [9.17, 15) is 0 Å². The number of ether oxygens (including phenoxy) is 1. The zero-order valence-corrected chi connectivity index (χ0v) is 7.26. The average Bonchev–Trinajstić information content (AvgIpc) is 2.12. The molecular weight excluding hydrogens is 126 g/mol. The fourth-order valence-corrected chi connectivity index (χ4v) is 1.40. The van der Waals surface area contributed by atoms with E-state index in [0.717, 1.165) is 17.6 Å². The fourth-order valence-electron chi connectivity index (χ4n) is 1.40. The van der Waals surface area contributed by atoms with Crippen LogP contribution in [0.2, 0.25) is 0 Å². The molecule has 1 heterocycles. The zero-order valence-electron chi connectivity index (χ0n) is 7.26. The topological polar surface area (TPSA) is 9.23 Å². The normalized spacial score (nSPS) is 27.3. The summed E-state index contributed by atoms with van der Waals surface area (Å²) < 4.78 is 6.53. The molecule has 0 saturated carbocycles. The zero-order chi connectivity index (χ0) is 7.61. The van der Waals surface area contributed by atoms with Crippen LogP contribution in [0.5, 0.6) is 0 Å². The molecule has 1 rings (SSSR count). The van der Waals surface area contributed by atoms with Crippen LogP contribution in [0.15, 0.2) is 0 Å². The summed E-state index contributed by atoms with van der Waals surface area (Å²) in [5, 5.41) is 0. The quantitative estimate of drug-likeness (QED) is 0.523. The van der Waals surface area contributed by atoms with Crippen molar-refractivity contribution in [1.29, 1.82) is 0 Å². The molecule has 1 aliphatic heterocycles. The second-order valence-corrected chi connectivity index (χ2v) is 4.11. The van der Waals surface area contributed by atoms with Crippen molar-refractivity contribution in [2.75, 3.05) is 34.3 Å². The van der Waals surface area contributed by atoms with Gasteiger partial charge in [-0.1, -0.05) is 0 Å². The molecule has 0 spiro atoms. The molecule has 1 unspecified atom stereocenters. The Bertz CT molecular complexity index is 100. The van der Waals surface area contributed by atoms with Crippen LogP contribution >= 0.6 is 0 Å². The van der Waals surface area contributed by atoms with Gasteiger partial charge in [-0.3, -0.25) is 0 Å². The number of hydrogen-bond acceptors (Lipinski definition) is 1. The van der Waals surface area contributed by atoms with Crippen molar-refractivity contribution in [1.82, 2.24) is 0 Å². The van der Waals surface area contributed by atoms with Crippen molar-refractivity contribution in [3.63, 3.8) is 0 Å². The predicted octanol–water partition coefficient (Wildman–Crippen LogP) is 0.872. The molecule has 1 atom stereocenters. The Morgan fingerprint density at radius 1 is 1.40 bits per heavy atom. The Kier molecular flexibility index (Phi) is 2.32. The van der Waals surface area contributed by atoms with Crippen molar-refractivity contribution in [2.24, 2.45) is 0 Å². The van der Waals surface area contributed by atoms with Crippen LogP contribution in [0.4, 0.5) is 0 Å². The minimum absolute atomic E-state index is 0.528. The summed E-state index contributed by atoms with van der Waals surface area (Å²) in [5.74, 6) is 0.